The molecule has 0 spiro atoms. The Morgan fingerprint density at radius 2 is 1.83 bits per heavy atom. The number of rotatable bonds is 8. The normalized spacial score (nSPS) is 15.2. The van der Waals surface area contributed by atoms with Crippen molar-refractivity contribution in [3.8, 4) is 0 Å². The van der Waals surface area contributed by atoms with Crippen molar-refractivity contribution in [2.75, 3.05) is 26.2 Å². The molecule has 24 heavy (non-hydrogen) atoms. The lowest BCUT2D eigenvalue weighted by atomic mass is 9.96. The van der Waals surface area contributed by atoms with Crippen LogP contribution in [-0.4, -0.2) is 37.0 Å². The maximum Gasteiger partial charge on any atom is 0.222 e. The van der Waals surface area contributed by atoms with Crippen LogP contribution in [0.2, 0.25) is 0 Å². The van der Waals surface area contributed by atoms with Crippen LogP contribution < -0.4 is 5.32 Å². The van der Waals surface area contributed by atoms with E-state index in [1.54, 1.807) is 0 Å². The first-order valence-corrected chi connectivity index (χ1v) is 9.23. The van der Waals surface area contributed by atoms with Crippen LogP contribution >= 0.6 is 12.4 Å². The van der Waals surface area contributed by atoms with Crippen molar-refractivity contribution in [1.82, 2.24) is 10.2 Å². The third kappa shape index (κ3) is 7.23. The highest BCUT2D eigenvalue weighted by Gasteiger charge is 2.21. The summed E-state index contributed by atoms with van der Waals surface area (Å²) in [5.74, 6) is 1.11. The molecular formula is C20H33ClN2O. The summed E-state index contributed by atoms with van der Waals surface area (Å²) >= 11 is 0. The second-order valence-corrected chi connectivity index (χ2v) is 6.82. The van der Waals surface area contributed by atoms with Crippen molar-refractivity contribution in [3.05, 3.63) is 35.4 Å². The SMILES string of the molecule is CCNCC1CCN(C(=O)CCCCc2ccc(C)cc2)CC1.Cl. The topological polar surface area (TPSA) is 32.3 Å². The van der Waals surface area contributed by atoms with Gasteiger partial charge in [0.2, 0.25) is 5.91 Å². The van der Waals surface area contributed by atoms with Gasteiger partial charge in [0, 0.05) is 19.5 Å². The van der Waals surface area contributed by atoms with Crippen LogP contribution in [-0.2, 0) is 11.2 Å². The first-order chi connectivity index (χ1) is 11.2. The molecule has 3 nitrogen and oxygen atoms in total. The summed E-state index contributed by atoms with van der Waals surface area (Å²) in [4.78, 5) is 14.4. The van der Waals surface area contributed by atoms with Crippen LogP contribution in [0.15, 0.2) is 24.3 Å². The van der Waals surface area contributed by atoms with E-state index >= 15 is 0 Å². The van der Waals surface area contributed by atoms with Crippen molar-refractivity contribution in [3.63, 3.8) is 0 Å². The number of nitrogens with one attached hydrogen (secondary N) is 1. The minimum Gasteiger partial charge on any atom is -0.343 e. The van der Waals surface area contributed by atoms with Gasteiger partial charge in [-0.1, -0.05) is 36.8 Å². The second kappa shape index (κ2) is 11.5. The maximum atomic E-state index is 12.3. The Labute approximate surface area is 153 Å². The zero-order valence-electron chi connectivity index (χ0n) is 15.2. The first kappa shape index (κ1) is 21.0. The molecule has 1 aromatic carbocycles. The number of hydrogen-bond donors (Lipinski definition) is 1. The monoisotopic (exact) mass is 352 g/mol. The Bertz CT molecular complexity index is 467. The van der Waals surface area contributed by atoms with Gasteiger partial charge in [-0.2, -0.15) is 0 Å². The molecule has 0 radical (unpaired) electrons. The molecule has 1 aromatic rings. The lowest BCUT2D eigenvalue weighted by Gasteiger charge is -2.32. The number of halogens is 1. The molecule has 0 aliphatic carbocycles. The standard InChI is InChI=1S/C20H32N2O.ClH/c1-3-21-16-19-12-14-22(15-13-19)20(23)7-5-4-6-18-10-8-17(2)9-11-18;/h8-11,19,21H,3-7,12-16H2,1-2H3;1H. The summed E-state index contributed by atoms with van der Waals surface area (Å²) in [6.07, 6.45) is 6.21. The van der Waals surface area contributed by atoms with Gasteiger partial charge in [-0.15, -0.1) is 12.4 Å². The molecule has 0 bridgehead atoms. The number of nitrogens with zero attached hydrogens (tertiary/aromatic N) is 1. The summed E-state index contributed by atoms with van der Waals surface area (Å²) in [5.41, 5.74) is 2.69. The second-order valence-electron chi connectivity index (χ2n) is 6.82. The highest BCUT2D eigenvalue weighted by molar-refractivity contribution is 5.85. The molecule has 136 valence electrons. The molecule has 1 fully saturated rings. The van der Waals surface area contributed by atoms with Crippen LogP contribution in [0, 0.1) is 12.8 Å². The number of likely N-dealkylation sites (tertiary alicyclic amines) is 1. The maximum absolute atomic E-state index is 12.3. The van der Waals surface area contributed by atoms with E-state index in [0.717, 1.165) is 64.2 Å². The Morgan fingerprint density at radius 3 is 2.46 bits per heavy atom. The number of hydrogen-bond acceptors (Lipinski definition) is 2. The Hall–Kier alpha value is -1.06. The average molecular weight is 353 g/mol. The summed E-state index contributed by atoms with van der Waals surface area (Å²) in [7, 11) is 0. The van der Waals surface area contributed by atoms with Crippen LogP contribution in [0.25, 0.3) is 0 Å². The van der Waals surface area contributed by atoms with Gasteiger partial charge in [-0.05, 0) is 63.6 Å². The molecule has 4 heteroatoms. The van der Waals surface area contributed by atoms with Gasteiger partial charge in [0.15, 0.2) is 0 Å². The number of amides is 1. The van der Waals surface area contributed by atoms with Crippen molar-refractivity contribution in [2.24, 2.45) is 5.92 Å². The van der Waals surface area contributed by atoms with Crippen LogP contribution in [0.1, 0.15) is 50.2 Å². The zero-order chi connectivity index (χ0) is 16.5. The fourth-order valence-corrected chi connectivity index (χ4v) is 3.25. The number of benzene rings is 1. The van der Waals surface area contributed by atoms with Crippen molar-refractivity contribution < 1.29 is 4.79 Å². The number of aryl methyl sites for hydroxylation is 2. The molecule has 1 N–H and O–H groups in total. The molecule has 1 aliphatic rings. The molecule has 0 atom stereocenters. The van der Waals surface area contributed by atoms with E-state index in [2.05, 4.69) is 48.3 Å². The van der Waals surface area contributed by atoms with Crippen LogP contribution in [0.3, 0.4) is 0 Å². The minimum absolute atomic E-state index is 0. The van der Waals surface area contributed by atoms with Gasteiger partial charge in [-0.25, -0.2) is 0 Å². The van der Waals surface area contributed by atoms with E-state index in [1.807, 2.05) is 0 Å². The fourth-order valence-electron chi connectivity index (χ4n) is 3.25. The van der Waals surface area contributed by atoms with Crippen LogP contribution in [0.5, 0.6) is 0 Å². The summed E-state index contributed by atoms with van der Waals surface area (Å²) < 4.78 is 0. The van der Waals surface area contributed by atoms with E-state index < -0.39 is 0 Å². The van der Waals surface area contributed by atoms with Gasteiger partial charge >= 0.3 is 0 Å². The largest absolute Gasteiger partial charge is 0.343 e. The highest BCUT2D eigenvalue weighted by atomic mass is 35.5. The van der Waals surface area contributed by atoms with E-state index in [0.29, 0.717) is 12.3 Å². The van der Waals surface area contributed by atoms with Crippen molar-refractivity contribution in [1.29, 1.82) is 0 Å². The quantitative estimate of drug-likeness (QED) is 0.718. The van der Waals surface area contributed by atoms with Gasteiger partial charge in [0.05, 0.1) is 0 Å². The zero-order valence-corrected chi connectivity index (χ0v) is 16.0. The van der Waals surface area contributed by atoms with E-state index in [4.69, 9.17) is 0 Å². The third-order valence-corrected chi connectivity index (χ3v) is 4.88. The van der Waals surface area contributed by atoms with Gasteiger partial charge in [-0.3, -0.25) is 4.79 Å². The summed E-state index contributed by atoms with van der Waals surface area (Å²) in [6, 6.07) is 8.73. The average Bonchev–Trinajstić information content (AvgIpc) is 2.58. The third-order valence-electron chi connectivity index (χ3n) is 4.88. The van der Waals surface area contributed by atoms with Gasteiger partial charge in [0.1, 0.15) is 0 Å². The molecule has 1 heterocycles. The minimum atomic E-state index is 0. The van der Waals surface area contributed by atoms with Crippen molar-refractivity contribution >= 4 is 18.3 Å². The molecular weight excluding hydrogens is 320 g/mol. The first-order valence-electron chi connectivity index (χ1n) is 9.23. The Kier molecular flexibility index (Phi) is 10.0. The van der Waals surface area contributed by atoms with Crippen LogP contribution in [0.4, 0.5) is 0 Å². The smallest absolute Gasteiger partial charge is 0.222 e. The van der Waals surface area contributed by atoms with Crippen molar-refractivity contribution in [2.45, 2.75) is 52.4 Å². The molecule has 2 rings (SSSR count). The lowest BCUT2D eigenvalue weighted by molar-refractivity contribution is -0.132. The van der Waals surface area contributed by atoms with Gasteiger partial charge in [0.25, 0.3) is 0 Å². The Morgan fingerprint density at radius 1 is 1.17 bits per heavy atom. The predicted octanol–water partition coefficient (Wildman–Crippen LogP) is 3.98. The molecule has 1 saturated heterocycles. The number of unbranched alkanes of at least 4 members (excludes halogenated alkanes) is 1. The predicted molar refractivity (Wildman–Crippen MR) is 104 cm³/mol. The highest BCUT2D eigenvalue weighted by Crippen LogP contribution is 2.18. The fraction of sp³-hybridized carbons (Fsp3) is 0.650. The van der Waals surface area contributed by atoms with E-state index in [1.165, 1.54) is 11.1 Å². The summed E-state index contributed by atoms with van der Waals surface area (Å²) in [6.45, 7) is 8.31. The molecule has 0 saturated carbocycles. The van der Waals surface area contributed by atoms with Gasteiger partial charge < -0.3 is 10.2 Å². The lowest BCUT2D eigenvalue weighted by Crippen LogP contribution is -2.40. The molecule has 1 amide bonds. The van der Waals surface area contributed by atoms with E-state index in [-0.39, 0.29) is 12.4 Å². The number of piperidine rings is 1. The molecule has 0 aromatic heterocycles. The number of carbonyl (C=O) groups excluding carboxylic acids is 1. The number of carbonyl (C=O) groups is 1. The Balaban J connectivity index is 0.00000288. The molecule has 1 aliphatic heterocycles. The van der Waals surface area contributed by atoms with E-state index in [9.17, 15) is 4.79 Å². The summed E-state index contributed by atoms with van der Waals surface area (Å²) in [5, 5.41) is 3.42. The molecule has 0 unspecified atom stereocenters.